The predicted octanol–water partition coefficient (Wildman–Crippen LogP) is 5.87. The third kappa shape index (κ3) is 3.74. The van der Waals surface area contributed by atoms with Crippen molar-refractivity contribution in [3.05, 3.63) is 56.0 Å². The van der Waals surface area contributed by atoms with Crippen LogP contribution < -0.4 is 9.47 Å². The molecule has 112 valence electrons. The monoisotopic (exact) mass is 432 g/mol. The van der Waals surface area contributed by atoms with E-state index in [-0.39, 0.29) is 5.38 Å². The van der Waals surface area contributed by atoms with Gasteiger partial charge in [-0.25, -0.2) is 0 Å². The molecule has 0 fully saturated rings. The molecule has 0 amide bonds. The van der Waals surface area contributed by atoms with Crippen LogP contribution in [0.2, 0.25) is 0 Å². The van der Waals surface area contributed by atoms with Crippen molar-refractivity contribution in [2.75, 3.05) is 14.2 Å². The fourth-order valence-corrected chi connectivity index (χ4v) is 3.50. The Morgan fingerprint density at radius 3 is 2.00 bits per heavy atom. The van der Waals surface area contributed by atoms with Crippen molar-refractivity contribution in [1.29, 1.82) is 0 Å². The molecule has 0 spiro atoms. The van der Waals surface area contributed by atoms with Crippen LogP contribution >= 0.6 is 43.5 Å². The molecular weight excluding hydrogens is 419 g/mol. The highest BCUT2D eigenvalue weighted by Crippen LogP contribution is 2.39. The fraction of sp³-hybridized carbons (Fsp3) is 0.250. The van der Waals surface area contributed by atoms with Crippen molar-refractivity contribution in [1.82, 2.24) is 0 Å². The molecular formula is C16H15Br2ClO2. The highest BCUT2D eigenvalue weighted by Gasteiger charge is 2.17. The third-order valence-corrected chi connectivity index (χ3v) is 5.25. The summed E-state index contributed by atoms with van der Waals surface area (Å²) in [5, 5.41) is -0.305. The lowest BCUT2D eigenvalue weighted by Crippen LogP contribution is -1.98. The highest BCUT2D eigenvalue weighted by molar-refractivity contribution is 9.11. The van der Waals surface area contributed by atoms with Gasteiger partial charge in [-0.2, -0.15) is 0 Å². The number of alkyl halides is 1. The van der Waals surface area contributed by atoms with Gasteiger partial charge in [-0.05, 0) is 47.9 Å². The SMILES string of the molecule is COc1cc(OC)cc(C(Cl)c2cc(Br)c(C)cc2Br)c1. The molecule has 0 aliphatic rings. The average Bonchev–Trinajstić information content (AvgIpc) is 2.49. The fourth-order valence-electron chi connectivity index (χ4n) is 2.01. The number of benzene rings is 2. The first kappa shape index (κ1) is 16.7. The standard InChI is InChI=1S/C16H15Br2ClO2/c1-9-4-15(18)13(8-14(9)17)16(19)10-5-11(20-2)7-12(6-10)21-3/h4-8,16H,1-3H3. The van der Waals surface area contributed by atoms with Crippen LogP contribution in [-0.2, 0) is 0 Å². The molecule has 0 aliphatic carbocycles. The van der Waals surface area contributed by atoms with E-state index in [9.17, 15) is 0 Å². The topological polar surface area (TPSA) is 18.5 Å². The van der Waals surface area contributed by atoms with Crippen molar-refractivity contribution in [2.24, 2.45) is 0 Å². The number of rotatable bonds is 4. The third-order valence-electron chi connectivity index (χ3n) is 3.22. The van der Waals surface area contributed by atoms with E-state index >= 15 is 0 Å². The van der Waals surface area contributed by atoms with Gasteiger partial charge >= 0.3 is 0 Å². The zero-order valence-electron chi connectivity index (χ0n) is 11.9. The van der Waals surface area contributed by atoms with Crippen LogP contribution in [0.1, 0.15) is 22.1 Å². The minimum Gasteiger partial charge on any atom is -0.497 e. The Labute approximate surface area is 146 Å². The van der Waals surface area contributed by atoms with Gasteiger partial charge in [0, 0.05) is 15.0 Å². The summed E-state index contributed by atoms with van der Waals surface area (Å²) in [6.07, 6.45) is 0. The Bertz CT molecular complexity index is 637. The maximum atomic E-state index is 6.66. The quantitative estimate of drug-likeness (QED) is 0.561. The number of ether oxygens (including phenoxy) is 2. The van der Waals surface area contributed by atoms with Gasteiger partial charge in [0.2, 0.25) is 0 Å². The molecule has 2 nitrogen and oxygen atoms in total. The second-order valence-electron chi connectivity index (χ2n) is 4.63. The molecule has 2 rings (SSSR count). The molecule has 0 saturated carbocycles. The molecule has 0 aromatic heterocycles. The summed E-state index contributed by atoms with van der Waals surface area (Å²) in [6, 6.07) is 9.74. The van der Waals surface area contributed by atoms with E-state index in [1.165, 1.54) is 0 Å². The number of aryl methyl sites for hydroxylation is 1. The smallest absolute Gasteiger partial charge is 0.122 e. The molecule has 5 heteroatoms. The molecule has 0 radical (unpaired) electrons. The van der Waals surface area contributed by atoms with E-state index in [1.54, 1.807) is 14.2 Å². The van der Waals surface area contributed by atoms with E-state index in [1.807, 2.05) is 37.3 Å². The van der Waals surface area contributed by atoms with Crippen LogP contribution in [-0.4, -0.2) is 14.2 Å². The first-order chi connectivity index (χ1) is 9.96. The van der Waals surface area contributed by atoms with E-state index in [4.69, 9.17) is 21.1 Å². The summed E-state index contributed by atoms with van der Waals surface area (Å²) in [6.45, 7) is 2.04. The van der Waals surface area contributed by atoms with Crippen molar-refractivity contribution in [3.63, 3.8) is 0 Å². The highest BCUT2D eigenvalue weighted by atomic mass is 79.9. The number of methoxy groups -OCH3 is 2. The largest absolute Gasteiger partial charge is 0.497 e. The Kier molecular flexibility index (Phi) is 5.58. The molecule has 2 aromatic carbocycles. The van der Waals surface area contributed by atoms with Crippen molar-refractivity contribution in [3.8, 4) is 11.5 Å². The van der Waals surface area contributed by atoms with Crippen molar-refractivity contribution < 1.29 is 9.47 Å². The van der Waals surface area contributed by atoms with Crippen LogP contribution in [0.15, 0.2) is 39.3 Å². The van der Waals surface area contributed by atoms with Crippen LogP contribution in [0.5, 0.6) is 11.5 Å². The van der Waals surface area contributed by atoms with Crippen LogP contribution in [0.25, 0.3) is 0 Å². The maximum Gasteiger partial charge on any atom is 0.122 e. The van der Waals surface area contributed by atoms with Crippen molar-refractivity contribution >= 4 is 43.5 Å². The Balaban J connectivity index is 2.49. The second-order valence-corrected chi connectivity index (χ2v) is 6.78. The molecule has 0 bridgehead atoms. The molecule has 2 aromatic rings. The molecule has 0 saturated heterocycles. The van der Waals surface area contributed by atoms with Gasteiger partial charge in [-0.3, -0.25) is 0 Å². The van der Waals surface area contributed by atoms with Crippen LogP contribution in [0, 0.1) is 6.92 Å². The zero-order chi connectivity index (χ0) is 15.6. The molecule has 0 N–H and O–H groups in total. The average molecular weight is 435 g/mol. The van der Waals surface area contributed by atoms with Crippen LogP contribution in [0.4, 0.5) is 0 Å². The Hall–Kier alpha value is -0.710. The summed E-state index contributed by atoms with van der Waals surface area (Å²) >= 11 is 13.8. The number of halogens is 3. The van der Waals surface area contributed by atoms with Gasteiger partial charge in [0.1, 0.15) is 11.5 Å². The lowest BCUT2D eigenvalue weighted by molar-refractivity contribution is 0.393. The lowest BCUT2D eigenvalue weighted by atomic mass is 10.0. The van der Waals surface area contributed by atoms with Gasteiger partial charge in [0.25, 0.3) is 0 Å². The van der Waals surface area contributed by atoms with Gasteiger partial charge in [-0.1, -0.05) is 31.9 Å². The Morgan fingerprint density at radius 1 is 0.905 bits per heavy atom. The molecule has 21 heavy (non-hydrogen) atoms. The second kappa shape index (κ2) is 7.03. The zero-order valence-corrected chi connectivity index (χ0v) is 15.8. The van der Waals surface area contributed by atoms with E-state index in [2.05, 4.69) is 31.9 Å². The summed E-state index contributed by atoms with van der Waals surface area (Å²) in [5.41, 5.74) is 3.06. The van der Waals surface area contributed by atoms with Gasteiger partial charge < -0.3 is 9.47 Å². The molecule has 1 atom stereocenters. The first-order valence-electron chi connectivity index (χ1n) is 6.29. The summed E-state index contributed by atoms with van der Waals surface area (Å²) in [4.78, 5) is 0. The number of hydrogen-bond donors (Lipinski definition) is 0. The van der Waals surface area contributed by atoms with Crippen molar-refractivity contribution in [2.45, 2.75) is 12.3 Å². The van der Waals surface area contributed by atoms with Gasteiger partial charge in [0.05, 0.1) is 19.6 Å². The maximum absolute atomic E-state index is 6.66. The minimum atomic E-state index is -0.305. The summed E-state index contributed by atoms with van der Waals surface area (Å²) < 4.78 is 12.6. The predicted molar refractivity (Wildman–Crippen MR) is 93.8 cm³/mol. The molecule has 0 heterocycles. The number of hydrogen-bond acceptors (Lipinski definition) is 2. The first-order valence-corrected chi connectivity index (χ1v) is 8.31. The van der Waals surface area contributed by atoms with E-state index in [0.29, 0.717) is 0 Å². The van der Waals surface area contributed by atoms with E-state index in [0.717, 1.165) is 37.1 Å². The molecule has 0 aliphatic heterocycles. The van der Waals surface area contributed by atoms with Gasteiger partial charge in [0.15, 0.2) is 0 Å². The van der Waals surface area contributed by atoms with Gasteiger partial charge in [-0.15, -0.1) is 11.6 Å². The Morgan fingerprint density at radius 2 is 1.48 bits per heavy atom. The van der Waals surface area contributed by atoms with E-state index < -0.39 is 0 Å². The minimum absolute atomic E-state index is 0.305. The summed E-state index contributed by atoms with van der Waals surface area (Å²) in [5.74, 6) is 1.44. The normalized spacial score (nSPS) is 12.1. The summed E-state index contributed by atoms with van der Waals surface area (Å²) in [7, 11) is 3.25. The molecule has 1 unspecified atom stereocenters. The van der Waals surface area contributed by atoms with Crippen LogP contribution in [0.3, 0.4) is 0 Å². The lowest BCUT2D eigenvalue weighted by Gasteiger charge is -2.16.